The molecule has 3 aromatic rings. The molecule has 34 heavy (non-hydrogen) atoms. The quantitative estimate of drug-likeness (QED) is 0.352. The molecule has 0 spiro atoms. The van der Waals surface area contributed by atoms with E-state index in [0.717, 1.165) is 17.9 Å². The lowest BCUT2D eigenvalue weighted by molar-refractivity contribution is 0.0579. The summed E-state index contributed by atoms with van der Waals surface area (Å²) in [7, 11) is 0. The fourth-order valence-corrected chi connectivity index (χ4v) is 4.37. The van der Waals surface area contributed by atoms with E-state index in [1.165, 1.54) is 30.8 Å². The minimum absolute atomic E-state index is 0.165. The summed E-state index contributed by atoms with van der Waals surface area (Å²) >= 11 is 1.42. The molecule has 2 heterocycles. The molecule has 2 aromatic carbocycles. The van der Waals surface area contributed by atoms with Crippen LogP contribution in [0, 0.1) is 0 Å². The largest absolute Gasteiger partial charge is 0.456 e. The third-order valence-corrected chi connectivity index (χ3v) is 6.25. The Morgan fingerprint density at radius 2 is 1.88 bits per heavy atom. The molecule has 174 valence electrons. The maximum absolute atomic E-state index is 13.7. The average Bonchev–Trinajstić information content (AvgIpc) is 3.72. The van der Waals surface area contributed by atoms with E-state index in [4.69, 9.17) is 9.47 Å². The topological polar surface area (TPSA) is 72.0 Å². The van der Waals surface area contributed by atoms with Crippen LogP contribution >= 0.6 is 11.8 Å². The van der Waals surface area contributed by atoms with Crippen LogP contribution in [0.1, 0.15) is 33.6 Å². The molecule has 0 radical (unpaired) electrons. The predicted molar refractivity (Wildman–Crippen MR) is 133 cm³/mol. The Morgan fingerprint density at radius 3 is 2.68 bits per heavy atom. The molecule has 0 bridgehead atoms. The van der Waals surface area contributed by atoms with E-state index in [-0.39, 0.29) is 11.8 Å². The molecule has 0 atom stereocenters. The number of aromatic nitrogens is 1. The second kappa shape index (κ2) is 9.77. The number of hydrogen-bond acceptors (Lipinski definition) is 7. The van der Waals surface area contributed by atoms with E-state index in [0.29, 0.717) is 35.2 Å². The number of nitrogens with zero attached hydrogens (tertiary/aromatic N) is 3. The first-order valence-corrected chi connectivity index (χ1v) is 12.6. The number of fused-ring (bicyclic) bond motifs is 1. The Bertz CT molecular complexity index is 1210. The van der Waals surface area contributed by atoms with Crippen molar-refractivity contribution in [3.8, 4) is 11.5 Å². The molecule has 8 heteroatoms. The second-order valence-electron chi connectivity index (χ2n) is 8.21. The molecule has 0 saturated heterocycles. The first kappa shape index (κ1) is 22.3. The van der Waals surface area contributed by atoms with Crippen molar-refractivity contribution in [3.05, 3.63) is 78.1 Å². The molecule has 1 saturated carbocycles. The first-order chi connectivity index (χ1) is 16.7. The third-order valence-electron chi connectivity index (χ3n) is 5.90. The Balaban J connectivity index is 1.40. The summed E-state index contributed by atoms with van der Waals surface area (Å²) in [5.74, 6) is 0.523. The fraction of sp³-hybridized carbons (Fsp3) is 0.269. The third kappa shape index (κ3) is 4.59. The van der Waals surface area contributed by atoms with Gasteiger partial charge < -0.3 is 19.3 Å². The van der Waals surface area contributed by atoms with E-state index in [1.54, 1.807) is 41.4 Å². The zero-order valence-electron chi connectivity index (χ0n) is 18.8. The van der Waals surface area contributed by atoms with Crippen LogP contribution in [0.2, 0.25) is 0 Å². The molecule has 5 rings (SSSR count). The molecule has 2 aliphatic rings. The maximum atomic E-state index is 13.7. The SMILES string of the molecule is CSCOC(=O)c1cccc(Oc2ccncc2C(=O)N2CCN(C3CC3)c3ccccc32)c1. The number of pyridine rings is 1. The lowest BCUT2D eigenvalue weighted by Crippen LogP contribution is -2.45. The molecule has 7 nitrogen and oxygen atoms in total. The van der Waals surface area contributed by atoms with Gasteiger partial charge in [-0.3, -0.25) is 9.78 Å². The van der Waals surface area contributed by atoms with E-state index < -0.39 is 5.97 Å². The Hall–Kier alpha value is -3.52. The van der Waals surface area contributed by atoms with Crippen molar-refractivity contribution in [2.75, 3.05) is 35.1 Å². The van der Waals surface area contributed by atoms with Gasteiger partial charge >= 0.3 is 5.97 Å². The molecule has 1 fully saturated rings. The van der Waals surface area contributed by atoms with Crippen LogP contribution < -0.4 is 14.5 Å². The lowest BCUT2D eigenvalue weighted by atomic mass is 10.1. The number of rotatable bonds is 7. The summed E-state index contributed by atoms with van der Waals surface area (Å²) in [6.45, 7) is 1.39. The highest BCUT2D eigenvalue weighted by Gasteiger charge is 2.36. The van der Waals surface area contributed by atoms with Crippen molar-refractivity contribution in [3.63, 3.8) is 0 Å². The van der Waals surface area contributed by atoms with E-state index in [9.17, 15) is 9.59 Å². The molecule has 1 aliphatic carbocycles. The molecule has 1 amide bonds. The number of benzene rings is 2. The minimum Gasteiger partial charge on any atom is -0.456 e. The lowest BCUT2D eigenvalue weighted by Gasteiger charge is -2.38. The Labute approximate surface area is 202 Å². The van der Waals surface area contributed by atoms with Gasteiger partial charge in [0, 0.05) is 31.5 Å². The van der Waals surface area contributed by atoms with Crippen molar-refractivity contribution in [2.45, 2.75) is 18.9 Å². The zero-order valence-corrected chi connectivity index (χ0v) is 19.7. The van der Waals surface area contributed by atoms with Gasteiger partial charge in [-0.1, -0.05) is 18.2 Å². The van der Waals surface area contributed by atoms with Gasteiger partial charge in [-0.15, -0.1) is 11.8 Å². The zero-order chi connectivity index (χ0) is 23.5. The molecule has 0 unspecified atom stereocenters. The number of anilines is 2. The van der Waals surface area contributed by atoms with Crippen LogP contribution in [0.3, 0.4) is 0 Å². The van der Waals surface area contributed by atoms with Gasteiger partial charge in [0.25, 0.3) is 5.91 Å². The monoisotopic (exact) mass is 475 g/mol. The summed E-state index contributed by atoms with van der Waals surface area (Å²) in [6, 6.07) is 17.0. The molecule has 1 aromatic heterocycles. The van der Waals surface area contributed by atoms with Crippen LogP contribution in [0.5, 0.6) is 11.5 Å². The van der Waals surface area contributed by atoms with E-state index in [1.807, 2.05) is 24.5 Å². The van der Waals surface area contributed by atoms with Gasteiger partial charge in [0.2, 0.25) is 0 Å². The number of carbonyl (C=O) groups is 2. The normalized spacial score (nSPS) is 15.0. The van der Waals surface area contributed by atoms with Crippen molar-refractivity contribution >= 4 is 35.0 Å². The van der Waals surface area contributed by atoms with Crippen molar-refractivity contribution < 1.29 is 19.1 Å². The number of carbonyl (C=O) groups excluding carboxylic acids is 2. The number of ether oxygens (including phenoxy) is 2. The van der Waals surface area contributed by atoms with Crippen LogP contribution in [-0.2, 0) is 4.74 Å². The summed E-state index contributed by atoms with van der Waals surface area (Å²) in [5.41, 5.74) is 2.75. The predicted octanol–water partition coefficient (Wildman–Crippen LogP) is 4.98. The Kier molecular flexibility index (Phi) is 6.40. The van der Waals surface area contributed by atoms with Crippen LogP contribution in [-0.4, -0.2) is 48.2 Å². The van der Waals surface area contributed by atoms with E-state index >= 15 is 0 Å². The number of hydrogen-bond donors (Lipinski definition) is 0. The summed E-state index contributed by atoms with van der Waals surface area (Å²) < 4.78 is 11.2. The van der Waals surface area contributed by atoms with E-state index in [2.05, 4.69) is 16.0 Å². The summed E-state index contributed by atoms with van der Waals surface area (Å²) in [6.07, 6.45) is 7.38. The van der Waals surface area contributed by atoms with Crippen LogP contribution in [0.25, 0.3) is 0 Å². The van der Waals surface area contributed by atoms with Gasteiger partial charge in [-0.05, 0) is 55.5 Å². The van der Waals surface area contributed by atoms with Crippen molar-refractivity contribution in [1.82, 2.24) is 4.98 Å². The molecular weight excluding hydrogens is 450 g/mol. The molecule has 1 aliphatic heterocycles. The first-order valence-electron chi connectivity index (χ1n) is 11.2. The van der Waals surface area contributed by atoms with Crippen LogP contribution in [0.15, 0.2) is 67.0 Å². The van der Waals surface area contributed by atoms with Gasteiger partial charge in [-0.25, -0.2) is 4.79 Å². The fourth-order valence-electron chi connectivity index (χ4n) is 4.15. The standard InChI is InChI=1S/C26H25N3O4S/c1-34-17-32-26(31)18-5-4-6-20(15-18)33-24-11-12-27-16-21(24)25(30)29-14-13-28(19-9-10-19)22-7-2-3-8-23(22)29/h2-8,11-12,15-16,19H,9-10,13-14,17H2,1H3. The van der Waals surface area contributed by atoms with Crippen LogP contribution in [0.4, 0.5) is 11.4 Å². The number of esters is 1. The molecule has 0 N–H and O–H groups in total. The smallest absolute Gasteiger partial charge is 0.339 e. The molecular formula is C26H25N3O4S. The number of thioether (sulfide) groups is 1. The number of amides is 1. The second-order valence-corrected chi connectivity index (χ2v) is 9.02. The summed E-state index contributed by atoms with van der Waals surface area (Å²) in [5, 5.41) is 0. The van der Waals surface area contributed by atoms with Crippen molar-refractivity contribution in [1.29, 1.82) is 0 Å². The number of para-hydroxylation sites is 2. The average molecular weight is 476 g/mol. The highest BCUT2D eigenvalue weighted by Crippen LogP contribution is 2.40. The maximum Gasteiger partial charge on any atom is 0.339 e. The Morgan fingerprint density at radius 1 is 1.06 bits per heavy atom. The summed E-state index contributed by atoms with van der Waals surface area (Å²) in [4.78, 5) is 34.3. The van der Waals surface area contributed by atoms with Gasteiger partial charge in [0.1, 0.15) is 23.0 Å². The highest BCUT2D eigenvalue weighted by atomic mass is 32.2. The van der Waals surface area contributed by atoms with Gasteiger partial charge in [0.05, 0.1) is 16.9 Å². The minimum atomic E-state index is -0.420. The van der Waals surface area contributed by atoms with Crippen molar-refractivity contribution in [2.24, 2.45) is 0 Å². The van der Waals surface area contributed by atoms with Gasteiger partial charge in [-0.2, -0.15) is 0 Å². The highest BCUT2D eigenvalue weighted by molar-refractivity contribution is 7.98. The van der Waals surface area contributed by atoms with Gasteiger partial charge in [0.15, 0.2) is 0 Å².